The first-order chi connectivity index (χ1) is 3.80. The van der Waals surface area contributed by atoms with Crippen LogP contribution < -0.4 is 0 Å². The second kappa shape index (κ2) is 1.73. The predicted octanol–water partition coefficient (Wildman–Crippen LogP) is 1.39. The van der Waals surface area contributed by atoms with Crippen LogP contribution in [0.2, 0.25) is 0 Å². The fraction of sp³-hybridized carbons (Fsp3) is 0.167. The number of pyridine rings is 1. The number of hydrogen-bond acceptors (Lipinski definition) is 1. The Morgan fingerprint density at radius 2 is 2.57 bits per heavy atom. The summed E-state index contributed by atoms with van der Waals surface area (Å²) in [5, 5.41) is 0. The molecule has 0 aliphatic rings. The minimum Gasteiger partial charge on any atom is -0.265 e. The lowest BCUT2D eigenvalue weighted by Crippen LogP contribution is -1.68. The van der Waals surface area contributed by atoms with Crippen LogP contribution in [-0.2, 0) is 0 Å². The Balaban J connectivity index is 3.13. The molecule has 1 nitrogen and oxygen atoms in total. The van der Waals surface area contributed by atoms with Crippen LogP contribution in [0.1, 0.15) is 6.93 Å². The molecule has 1 aromatic rings. The molecule has 0 unspecified atom stereocenters. The van der Waals surface area contributed by atoms with E-state index in [9.17, 15) is 0 Å². The van der Waals surface area contributed by atoms with Crippen LogP contribution in [-0.4, -0.2) is 4.98 Å². The lowest BCUT2D eigenvalue weighted by atomic mass is 10.3. The van der Waals surface area contributed by atoms with E-state index >= 15 is 0 Å². The van der Waals surface area contributed by atoms with Gasteiger partial charge in [0.15, 0.2) is 0 Å². The first-order valence-corrected chi connectivity index (χ1v) is 2.18. The standard InChI is InChI=1S/C6H7N/c1-6-2-4-7-5-3-6/h2-5H,1H3/i2D. The molecule has 7 heavy (non-hydrogen) atoms. The third kappa shape index (κ3) is 1.000. The van der Waals surface area contributed by atoms with Gasteiger partial charge in [0.25, 0.3) is 0 Å². The van der Waals surface area contributed by atoms with Crippen molar-refractivity contribution in [2.24, 2.45) is 0 Å². The molecule has 0 saturated heterocycles. The zero-order valence-electron chi connectivity index (χ0n) is 5.18. The van der Waals surface area contributed by atoms with Crippen LogP contribution in [0.3, 0.4) is 0 Å². The van der Waals surface area contributed by atoms with E-state index < -0.39 is 0 Å². The van der Waals surface area contributed by atoms with Gasteiger partial charge < -0.3 is 0 Å². The van der Waals surface area contributed by atoms with Gasteiger partial charge in [0.05, 0.1) is 1.37 Å². The fourth-order valence-corrected chi connectivity index (χ4v) is 0.385. The average molecular weight is 94.1 g/mol. The van der Waals surface area contributed by atoms with Gasteiger partial charge >= 0.3 is 0 Å². The first kappa shape index (κ1) is 3.19. The molecule has 1 aromatic heterocycles. The van der Waals surface area contributed by atoms with Crippen LogP contribution in [0, 0.1) is 6.92 Å². The highest BCUT2D eigenvalue weighted by Gasteiger charge is 1.72. The summed E-state index contributed by atoms with van der Waals surface area (Å²) in [5.74, 6) is 0. The highest BCUT2D eigenvalue weighted by Crippen LogP contribution is 1.88. The van der Waals surface area contributed by atoms with Crippen LogP contribution in [0.5, 0.6) is 0 Å². The number of aromatic nitrogens is 1. The molecule has 0 bridgehead atoms. The predicted molar refractivity (Wildman–Crippen MR) is 29.0 cm³/mol. The summed E-state index contributed by atoms with van der Waals surface area (Å²) >= 11 is 0. The van der Waals surface area contributed by atoms with E-state index in [1.54, 1.807) is 6.20 Å². The minimum absolute atomic E-state index is 0.507. The highest BCUT2D eigenvalue weighted by molar-refractivity contribution is 5.05. The zero-order valence-corrected chi connectivity index (χ0v) is 4.18. The smallest absolute Gasteiger partial charge is 0.0642 e. The average Bonchev–Trinajstić information content (AvgIpc) is 1.77. The van der Waals surface area contributed by atoms with Gasteiger partial charge in [-0.2, -0.15) is 0 Å². The van der Waals surface area contributed by atoms with Crippen molar-refractivity contribution in [1.82, 2.24) is 4.98 Å². The van der Waals surface area contributed by atoms with E-state index in [2.05, 4.69) is 4.98 Å². The Hall–Kier alpha value is -0.850. The molecule has 0 aliphatic heterocycles. The Labute approximate surface area is 44.4 Å². The molecule has 0 N–H and O–H groups in total. The van der Waals surface area contributed by atoms with Crippen molar-refractivity contribution in [1.29, 1.82) is 0 Å². The molecular formula is C6H7N. The van der Waals surface area contributed by atoms with E-state index in [1.165, 1.54) is 6.20 Å². The van der Waals surface area contributed by atoms with E-state index in [0.717, 1.165) is 5.56 Å². The van der Waals surface area contributed by atoms with Gasteiger partial charge in [-0.25, -0.2) is 0 Å². The quantitative estimate of drug-likeness (QED) is 0.473. The van der Waals surface area contributed by atoms with E-state index in [-0.39, 0.29) is 0 Å². The van der Waals surface area contributed by atoms with Gasteiger partial charge in [0.1, 0.15) is 0 Å². The first-order valence-electron chi connectivity index (χ1n) is 2.68. The summed E-state index contributed by atoms with van der Waals surface area (Å²) < 4.78 is 7.16. The lowest BCUT2D eigenvalue weighted by Gasteiger charge is -1.82. The molecule has 1 rings (SSSR count). The van der Waals surface area contributed by atoms with Crippen LogP contribution >= 0.6 is 0 Å². The van der Waals surface area contributed by atoms with Crippen LogP contribution in [0.15, 0.2) is 24.5 Å². The number of nitrogens with zero attached hydrogens (tertiary/aromatic N) is 1. The van der Waals surface area contributed by atoms with Gasteiger partial charge in [0.2, 0.25) is 0 Å². The third-order valence-corrected chi connectivity index (χ3v) is 0.777. The summed E-state index contributed by atoms with van der Waals surface area (Å²) in [7, 11) is 0. The number of rotatable bonds is 0. The van der Waals surface area contributed by atoms with Gasteiger partial charge in [-0.1, -0.05) is 0 Å². The Kier molecular flexibility index (Phi) is 0.791. The Bertz CT molecular complexity index is 165. The molecular weight excluding hydrogens is 86.1 g/mol. The van der Waals surface area contributed by atoms with Gasteiger partial charge in [-0.15, -0.1) is 0 Å². The topological polar surface area (TPSA) is 12.9 Å². The maximum atomic E-state index is 7.16. The summed E-state index contributed by atoms with van der Waals surface area (Å²) in [6.45, 7) is 1.89. The second-order valence-electron chi connectivity index (χ2n) is 1.42. The van der Waals surface area contributed by atoms with Crippen LogP contribution in [0.25, 0.3) is 0 Å². The molecule has 0 fully saturated rings. The number of hydrogen-bond donors (Lipinski definition) is 0. The van der Waals surface area contributed by atoms with E-state index in [4.69, 9.17) is 1.37 Å². The highest BCUT2D eigenvalue weighted by atomic mass is 14.6. The molecule has 0 aromatic carbocycles. The normalized spacial score (nSPS) is 10.7. The van der Waals surface area contributed by atoms with Gasteiger partial charge in [-0.05, 0) is 24.6 Å². The third-order valence-electron chi connectivity index (χ3n) is 0.777. The van der Waals surface area contributed by atoms with Crippen molar-refractivity contribution in [2.45, 2.75) is 6.92 Å². The van der Waals surface area contributed by atoms with Gasteiger partial charge in [0, 0.05) is 12.4 Å². The van der Waals surface area contributed by atoms with Crippen molar-refractivity contribution in [3.8, 4) is 0 Å². The Morgan fingerprint density at radius 3 is 3.00 bits per heavy atom. The van der Waals surface area contributed by atoms with Crippen molar-refractivity contribution in [2.75, 3.05) is 0 Å². The SMILES string of the molecule is [2H]c1cnccc1C. The summed E-state index contributed by atoms with van der Waals surface area (Å²) in [6.07, 6.45) is 3.22. The van der Waals surface area contributed by atoms with Crippen molar-refractivity contribution >= 4 is 0 Å². The molecule has 0 atom stereocenters. The van der Waals surface area contributed by atoms with Crippen molar-refractivity contribution in [3.05, 3.63) is 30.1 Å². The molecule has 0 aliphatic carbocycles. The zero-order chi connectivity index (χ0) is 5.98. The molecule has 0 saturated carbocycles. The minimum atomic E-state index is 0.507. The van der Waals surface area contributed by atoms with Gasteiger partial charge in [-0.3, -0.25) is 4.98 Å². The summed E-state index contributed by atoms with van der Waals surface area (Å²) in [5.41, 5.74) is 0.972. The fourth-order valence-electron chi connectivity index (χ4n) is 0.385. The van der Waals surface area contributed by atoms with E-state index in [1.807, 2.05) is 13.0 Å². The largest absolute Gasteiger partial charge is 0.265 e. The van der Waals surface area contributed by atoms with Crippen molar-refractivity contribution in [3.63, 3.8) is 0 Å². The molecule has 1 heterocycles. The maximum Gasteiger partial charge on any atom is 0.0642 e. The molecule has 36 valence electrons. The van der Waals surface area contributed by atoms with Crippen molar-refractivity contribution < 1.29 is 1.37 Å². The second-order valence-corrected chi connectivity index (χ2v) is 1.42. The molecule has 1 heteroatoms. The Morgan fingerprint density at radius 1 is 1.71 bits per heavy atom. The maximum absolute atomic E-state index is 7.16. The number of aryl methyl sites for hydroxylation is 1. The molecule has 0 amide bonds. The summed E-state index contributed by atoms with van der Waals surface area (Å²) in [4.78, 5) is 3.76. The van der Waals surface area contributed by atoms with Crippen LogP contribution in [0.4, 0.5) is 0 Å². The molecule has 0 spiro atoms. The lowest BCUT2D eigenvalue weighted by molar-refractivity contribution is 1.29. The monoisotopic (exact) mass is 94.1 g/mol. The van der Waals surface area contributed by atoms with E-state index in [0.29, 0.717) is 6.04 Å². The summed E-state index contributed by atoms with van der Waals surface area (Å²) in [6, 6.07) is 2.33. The molecule has 0 radical (unpaired) electrons.